The molecule has 2 atom stereocenters. The van der Waals surface area contributed by atoms with Gasteiger partial charge in [-0.15, -0.1) is 5.10 Å². The molecule has 2 saturated heterocycles. The number of aromatic nitrogens is 2. The quantitative estimate of drug-likeness (QED) is 0.476. The van der Waals surface area contributed by atoms with Crippen molar-refractivity contribution < 1.29 is 55.3 Å². The van der Waals surface area contributed by atoms with Gasteiger partial charge in [-0.05, 0) is 50.6 Å². The largest absolute Gasteiger partial charge is 0.490 e. The van der Waals surface area contributed by atoms with Gasteiger partial charge >= 0.3 is 24.3 Å². The summed E-state index contributed by atoms with van der Waals surface area (Å²) in [5.41, 5.74) is 0.890. The lowest BCUT2D eigenvalue weighted by Gasteiger charge is -2.39. The van der Waals surface area contributed by atoms with E-state index in [2.05, 4.69) is 20.4 Å². The molecule has 0 bridgehead atoms. The number of anilines is 1. The molecule has 4 heterocycles. The molecule has 2 aliphatic rings. The van der Waals surface area contributed by atoms with E-state index >= 15 is 0 Å². The lowest BCUT2D eigenvalue weighted by atomic mass is 9.88. The van der Waals surface area contributed by atoms with Gasteiger partial charge in [-0.3, -0.25) is 4.90 Å². The zero-order chi connectivity index (χ0) is 28.6. The maximum absolute atomic E-state index is 10.6. The molecule has 4 rings (SSSR count). The van der Waals surface area contributed by atoms with E-state index in [1.54, 1.807) is 6.26 Å². The highest BCUT2D eigenvalue weighted by molar-refractivity contribution is 5.73. The number of carboxylic acids is 2. The number of nitrogens with zero attached hydrogens (tertiary/aromatic N) is 3. The van der Waals surface area contributed by atoms with Crippen LogP contribution < -0.4 is 5.32 Å². The van der Waals surface area contributed by atoms with Gasteiger partial charge < -0.3 is 24.7 Å². The SMILES string of the molecule is Cc1ccc(NC2COC3(CCCN(Cc4ccco4)C3)C2)nn1.O=C(O)C(F)(F)F.O=C(O)C(F)(F)F. The molecule has 0 aromatic carbocycles. The number of piperidine rings is 1. The van der Waals surface area contributed by atoms with Crippen molar-refractivity contribution >= 4 is 17.8 Å². The minimum atomic E-state index is -5.08. The van der Waals surface area contributed by atoms with Crippen molar-refractivity contribution in [2.75, 3.05) is 25.0 Å². The first-order valence-corrected chi connectivity index (χ1v) is 11.2. The minimum Gasteiger partial charge on any atom is -0.475 e. The first kappa shape index (κ1) is 30.8. The van der Waals surface area contributed by atoms with Gasteiger partial charge in [-0.1, -0.05) is 0 Å². The molecule has 0 radical (unpaired) electrons. The maximum Gasteiger partial charge on any atom is 0.490 e. The fourth-order valence-electron chi connectivity index (χ4n) is 3.85. The van der Waals surface area contributed by atoms with E-state index in [0.29, 0.717) is 6.04 Å². The highest BCUT2D eigenvalue weighted by Gasteiger charge is 2.43. The molecule has 0 saturated carbocycles. The molecule has 2 fully saturated rings. The van der Waals surface area contributed by atoms with Crippen LogP contribution in [0.5, 0.6) is 0 Å². The van der Waals surface area contributed by atoms with Crippen LogP contribution in [0.4, 0.5) is 32.2 Å². The summed E-state index contributed by atoms with van der Waals surface area (Å²) >= 11 is 0. The number of likely N-dealkylation sites (tertiary alicyclic amines) is 1. The van der Waals surface area contributed by atoms with Crippen LogP contribution in [0.3, 0.4) is 0 Å². The average Bonchev–Trinajstić information content (AvgIpc) is 3.45. The van der Waals surface area contributed by atoms with Crippen LogP contribution in [0.2, 0.25) is 0 Å². The smallest absolute Gasteiger partial charge is 0.475 e. The molecule has 2 aromatic rings. The zero-order valence-electron chi connectivity index (χ0n) is 20.1. The maximum atomic E-state index is 10.6. The Hall–Kier alpha value is -3.40. The van der Waals surface area contributed by atoms with Crippen molar-refractivity contribution in [1.82, 2.24) is 15.1 Å². The molecule has 10 nitrogen and oxygen atoms in total. The molecule has 16 heteroatoms. The first-order valence-electron chi connectivity index (χ1n) is 11.2. The summed E-state index contributed by atoms with van der Waals surface area (Å²) in [6.07, 6.45) is -5.13. The van der Waals surface area contributed by atoms with Gasteiger partial charge in [0.15, 0.2) is 0 Å². The van der Waals surface area contributed by atoms with E-state index in [1.165, 1.54) is 0 Å². The number of hydrogen-bond donors (Lipinski definition) is 3. The Kier molecular flexibility index (Phi) is 10.5. The monoisotopic (exact) mass is 556 g/mol. The van der Waals surface area contributed by atoms with Crippen molar-refractivity contribution in [3.8, 4) is 0 Å². The van der Waals surface area contributed by atoms with E-state index in [1.807, 2.05) is 31.2 Å². The average molecular weight is 556 g/mol. The van der Waals surface area contributed by atoms with Crippen molar-refractivity contribution in [3.05, 3.63) is 42.0 Å². The predicted molar refractivity (Wildman–Crippen MR) is 118 cm³/mol. The molecule has 2 aromatic heterocycles. The number of nitrogens with one attached hydrogen (secondary N) is 1. The molecule has 3 N–H and O–H groups in total. The van der Waals surface area contributed by atoms with E-state index in [-0.39, 0.29) is 5.60 Å². The second-order valence-corrected chi connectivity index (χ2v) is 8.60. The number of halogens is 6. The summed E-state index contributed by atoms with van der Waals surface area (Å²) < 4.78 is 75.2. The molecule has 212 valence electrons. The second kappa shape index (κ2) is 12.9. The molecule has 2 unspecified atom stereocenters. The summed E-state index contributed by atoms with van der Waals surface area (Å²) in [7, 11) is 0. The lowest BCUT2D eigenvalue weighted by molar-refractivity contribution is -0.193. The molecule has 0 aliphatic carbocycles. The number of carbonyl (C=O) groups is 2. The third kappa shape index (κ3) is 10.2. The summed E-state index contributed by atoms with van der Waals surface area (Å²) in [4.78, 5) is 20.2. The van der Waals surface area contributed by atoms with Crippen LogP contribution in [0.15, 0.2) is 34.9 Å². The summed E-state index contributed by atoms with van der Waals surface area (Å²) in [6, 6.07) is 8.25. The van der Waals surface area contributed by atoms with Gasteiger partial charge in [-0.25, -0.2) is 9.59 Å². The molecule has 38 heavy (non-hydrogen) atoms. The standard InChI is InChI=1S/C18H24N4O2.2C2HF3O2/c1-14-5-6-17(21-20-14)19-15-10-18(24-12-15)7-3-8-22(13-18)11-16-4-2-9-23-16;2*3-2(4,5)1(6)7/h2,4-6,9,15H,3,7-8,10-13H2,1H3,(H,19,21);2*(H,6,7). The Morgan fingerprint density at radius 3 is 2.24 bits per heavy atom. The third-order valence-electron chi connectivity index (χ3n) is 5.42. The molecular weight excluding hydrogens is 530 g/mol. The Morgan fingerprint density at radius 2 is 1.74 bits per heavy atom. The third-order valence-corrected chi connectivity index (χ3v) is 5.42. The summed E-state index contributed by atoms with van der Waals surface area (Å²) in [6.45, 7) is 5.60. The minimum absolute atomic E-state index is 0.0410. The zero-order valence-corrected chi connectivity index (χ0v) is 20.1. The van der Waals surface area contributed by atoms with E-state index in [4.69, 9.17) is 29.0 Å². The predicted octanol–water partition coefficient (Wildman–Crippen LogP) is 3.88. The van der Waals surface area contributed by atoms with Crippen LogP contribution in [-0.4, -0.2) is 80.9 Å². The molecule has 2 aliphatic heterocycles. The second-order valence-electron chi connectivity index (χ2n) is 8.60. The Bertz CT molecular complexity index is 1010. The highest BCUT2D eigenvalue weighted by Crippen LogP contribution is 2.36. The number of carboxylic acid groups (broad SMARTS) is 2. The number of ether oxygens (including phenoxy) is 1. The lowest BCUT2D eigenvalue weighted by Crippen LogP contribution is -2.47. The normalized spacial score (nSPS) is 21.6. The van der Waals surface area contributed by atoms with Crippen LogP contribution in [-0.2, 0) is 20.9 Å². The van der Waals surface area contributed by atoms with Crippen molar-refractivity contribution in [2.24, 2.45) is 0 Å². The summed E-state index contributed by atoms with van der Waals surface area (Å²) in [5, 5.41) is 26.0. The topological polar surface area (TPSA) is 138 Å². The van der Waals surface area contributed by atoms with Gasteiger partial charge in [-0.2, -0.15) is 31.4 Å². The van der Waals surface area contributed by atoms with Gasteiger partial charge in [0, 0.05) is 13.0 Å². The number of aliphatic carboxylic acids is 2. The Balaban J connectivity index is 0.000000301. The van der Waals surface area contributed by atoms with E-state index in [0.717, 1.165) is 62.8 Å². The van der Waals surface area contributed by atoms with Crippen LogP contribution in [0.1, 0.15) is 30.7 Å². The fourth-order valence-corrected chi connectivity index (χ4v) is 3.85. The van der Waals surface area contributed by atoms with Crippen LogP contribution in [0, 0.1) is 6.92 Å². The first-order chi connectivity index (χ1) is 17.6. The van der Waals surface area contributed by atoms with Gasteiger partial charge in [0.05, 0.1) is 36.8 Å². The molecular formula is C22H26F6N4O6. The summed E-state index contributed by atoms with van der Waals surface area (Å²) in [5.74, 6) is -3.66. The van der Waals surface area contributed by atoms with E-state index in [9.17, 15) is 26.3 Å². The van der Waals surface area contributed by atoms with Gasteiger partial charge in [0.1, 0.15) is 11.6 Å². The highest BCUT2D eigenvalue weighted by atomic mass is 19.4. The fraction of sp³-hybridized carbons (Fsp3) is 0.545. The Labute approximate surface area is 212 Å². The Morgan fingerprint density at radius 1 is 1.11 bits per heavy atom. The van der Waals surface area contributed by atoms with Crippen LogP contribution >= 0.6 is 0 Å². The van der Waals surface area contributed by atoms with Crippen molar-refractivity contribution in [2.45, 2.75) is 56.7 Å². The molecule has 1 spiro atoms. The number of aryl methyl sites for hydroxylation is 1. The number of rotatable bonds is 4. The number of hydrogen-bond acceptors (Lipinski definition) is 8. The van der Waals surface area contributed by atoms with E-state index < -0.39 is 24.3 Å². The van der Waals surface area contributed by atoms with Crippen LogP contribution in [0.25, 0.3) is 0 Å². The van der Waals surface area contributed by atoms with Gasteiger partial charge in [0.25, 0.3) is 0 Å². The number of alkyl halides is 6. The van der Waals surface area contributed by atoms with Gasteiger partial charge in [0.2, 0.25) is 0 Å². The molecule has 0 amide bonds. The number of furan rings is 1. The van der Waals surface area contributed by atoms with Crippen molar-refractivity contribution in [1.29, 1.82) is 0 Å². The van der Waals surface area contributed by atoms with Crippen molar-refractivity contribution in [3.63, 3.8) is 0 Å².